The molecule has 1 aromatic rings. The Labute approximate surface area is 109 Å². The van der Waals surface area contributed by atoms with Crippen LogP contribution in [0.5, 0.6) is 0 Å². The van der Waals surface area contributed by atoms with Crippen LogP contribution in [0.15, 0.2) is 12.5 Å². The maximum absolute atomic E-state index is 5.65. The summed E-state index contributed by atoms with van der Waals surface area (Å²) in [6, 6.07) is 0.619. The van der Waals surface area contributed by atoms with Gasteiger partial charge in [0.25, 0.3) is 0 Å². The summed E-state index contributed by atoms with van der Waals surface area (Å²) in [7, 11) is 0. The summed E-state index contributed by atoms with van der Waals surface area (Å²) in [6.07, 6.45) is 9.36. The Bertz CT molecular complexity index is 378. The molecule has 3 rings (SSSR count). The Morgan fingerprint density at radius 2 is 2.17 bits per heavy atom. The monoisotopic (exact) mass is 249 g/mol. The van der Waals surface area contributed by atoms with Crippen molar-refractivity contribution in [3.05, 3.63) is 18.2 Å². The topological polar surface area (TPSA) is 39.1 Å². The smallest absolute Gasteiger partial charge is 0.0950 e. The summed E-state index contributed by atoms with van der Waals surface area (Å²) in [4.78, 5) is 4.37. The number of aromatic nitrogens is 2. The van der Waals surface area contributed by atoms with Crippen LogP contribution in [0.4, 0.5) is 0 Å². The first-order chi connectivity index (χ1) is 8.88. The number of rotatable bonds is 4. The van der Waals surface area contributed by atoms with E-state index in [1.807, 2.05) is 6.33 Å². The third-order valence-corrected chi connectivity index (χ3v) is 4.32. The Balaban J connectivity index is 1.65. The molecule has 100 valence electrons. The second kappa shape index (κ2) is 5.41. The molecule has 0 amide bonds. The SMILES string of the molecule is CCOC1CC(n2cncc2C2CCNCC2)C1. The first kappa shape index (κ1) is 12.2. The normalized spacial score (nSPS) is 29.2. The molecule has 2 fully saturated rings. The maximum atomic E-state index is 5.65. The molecule has 1 aromatic heterocycles. The molecule has 2 aliphatic rings. The lowest BCUT2D eigenvalue weighted by Gasteiger charge is -2.37. The highest BCUT2D eigenvalue weighted by atomic mass is 16.5. The van der Waals surface area contributed by atoms with E-state index >= 15 is 0 Å². The molecule has 4 nitrogen and oxygen atoms in total. The zero-order chi connectivity index (χ0) is 12.4. The number of ether oxygens (including phenoxy) is 1. The van der Waals surface area contributed by atoms with Crippen LogP contribution in [0.3, 0.4) is 0 Å². The minimum absolute atomic E-state index is 0.475. The number of hydrogen-bond donors (Lipinski definition) is 1. The number of nitrogens with zero attached hydrogens (tertiary/aromatic N) is 2. The predicted octanol–water partition coefficient (Wildman–Crippen LogP) is 2.09. The van der Waals surface area contributed by atoms with E-state index in [4.69, 9.17) is 4.74 Å². The zero-order valence-corrected chi connectivity index (χ0v) is 11.1. The molecular weight excluding hydrogens is 226 g/mol. The van der Waals surface area contributed by atoms with Gasteiger partial charge in [-0.1, -0.05) is 0 Å². The van der Waals surface area contributed by atoms with Gasteiger partial charge in [0.05, 0.1) is 12.4 Å². The minimum atomic E-state index is 0.475. The number of imidazole rings is 1. The number of nitrogens with one attached hydrogen (secondary N) is 1. The van der Waals surface area contributed by atoms with Gasteiger partial charge in [0.1, 0.15) is 0 Å². The van der Waals surface area contributed by atoms with Gasteiger partial charge in [-0.05, 0) is 45.7 Å². The lowest BCUT2D eigenvalue weighted by Crippen LogP contribution is -2.35. The molecule has 0 aromatic carbocycles. The van der Waals surface area contributed by atoms with Crippen LogP contribution in [0.1, 0.15) is 50.3 Å². The van der Waals surface area contributed by atoms with Crippen molar-refractivity contribution in [3.8, 4) is 0 Å². The highest BCUT2D eigenvalue weighted by Gasteiger charge is 2.33. The van der Waals surface area contributed by atoms with E-state index in [1.54, 1.807) is 0 Å². The van der Waals surface area contributed by atoms with Crippen LogP contribution < -0.4 is 5.32 Å². The van der Waals surface area contributed by atoms with Crippen LogP contribution in [0, 0.1) is 0 Å². The van der Waals surface area contributed by atoms with Crippen molar-refractivity contribution in [2.45, 2.75) is 50.7 Å². The fourth-order valence-corrected chi connectivity index (χ4v) is 3.19. The van der Waals surface area contributed by atoms with Crippen LogP contribution >= 0.6 is 0 Å². The van der Waals surface area contributed by atoms with Crippen molar-refractivity contribution < 1.29 is 4.74 Å². The molecule has 0 unspecified atom stereocenters. The minimum Gasteiger partial charge on any atom is -0.378 e. The molecule has 1 saturated heterocycles. The van der Waals surface area contributed by atoms with E-state index < -0.39 is 0 Å². The molecule has 0 radical (unpaired) electrons. The van der Waals surface area contributed by atoms with Crippen LogP contribution in [-0.2, 0) is 4.74 Å². The van der Waals surface area contributed by atoms with Crippen LogP contribution in [-0.4, -0.2) is 35.4 Å². The number of piperidine rings is 1. The average Bonchev–Trinajstić information content (AvgIpc) is 2.83. The summed E-state index contributed by atoms with van der Waals surface area (Å²) in [5.74, 6) is 0.694. The Hall–Kier alpha value is -0.870. The maximum Gasteiger partial charge on any atom is 0.0950 e. The van der Waals surface area contributed by atoms with Gasteiger partial charge < -0.3 is 14.6 Å². The van der Waals surface area contributed by atoms with Gasteiger partial charge in [0.15, 0.2) is 0 Å². The second-order valence-corrected chi connectivity index (χ2v) is 5.45. The first-order valence-corrected chi connectivity index (χ1v) is 7.22. The van der Waals surface area contributed by atoms with E-state index in [9.17, 15) is 0 Å². The molecule has 1 aliphatic carbocycles. The lowest BCUT2D eigenvalue weighted by molar-refractivity contribution is -0.0205. The predicted molar refractivity (Wildman–Crippen MR) is 70.8 cm³/mol. The zero-order valence-electron chi connectivity index (χ0n) is 11.1. The summed E-state index contributed by atoms with van der Waals surface area (Å²) in [6.45, 7) is 5.19. The van der Waals surface area contributed by atoms with E-state index in [2.05, 4.69) is 28.0 Å². The highest BCUT2D eigenvalue weighted by Crippen LogP contribution is 2.37. The first-order valence-electron chi connectivity index (χ1n) is 7.22. The molecule has 1 aliphatic heterocycles. The van der Waals surface area contributed by atoms with E-state index in [1.165, 1.54) is 18.5 Å². The molecule has 4 heteroatoms. The van der Waals surface area contributed by atoms with E-state index in [0.717, 1.165) is 32.5 Å². The van der Waals surface area contributed by atoms with Gasteiger partial charge in [0, 0.05) is 30.5 Å². The quantitative estimate of drug-likeness (QED) is 0.888. The summed E-state index contributed by atoms with van der Waals surface area (Å²) >= 11 is 0. The molecule has 1 saturated carbocycles. The molecule has 0 spiro atoms. The Kier molecular flexibility index (Phi) is 3.66. The summed E-state index contributed by atoms with van der Waals surface area (Å²) in [5, 5.41) is 3.43. The summed E-state index contributed by atoms with van der Waals surface area (Å²) in [5.41, 5.74) is 1.44. The van der Waals surface area contributed by atoms with Crippen molar-refractivity contribution in [1.82, 2.24) is 14.9 Å². The van der Waals surface area contributed by atoms with Crippen molar-refractivity contribution in [2.24, 2.45) is 0 Å². The third kappa shape index (κ3) is 2.31. The highest BCUT2D eigenvalue weighted by molar-refractivity contribution is 5.10. The van der Waals surface area contributed by atoms with Gasteiger partial charge >= 0.3 is 0 Å². The van der Waals surface area contributed by atoms with Crippen molar-refractivity contribution in [3.63, 3.8) is 0 Å². The average molecular weight is 249 g/mol. The van der Waals surface area contributed by atoms with Gasteiger partial charge in [0.2, 0.25) is 0 Å². The molecule has 0 atom stereocenters. The summed E-state index contributed by atoms with van der Waals surface area (Å²) < 4.78 is 8.06. The lowest BCUT2D eigenvalue weighted by atomic mass is 9.87. The molecule has 0 bridgehead atoms. The molecule has 1 N–H and O–H groups in total. The second-order valence-electron chi connectivity index (χ2n) is 5.45. The van der Waals surface area contributed by atoms with Crippen molar-refractivity contribution >= 4 is 0 Å². The molecular formula is C14H23N3O. The van der Waals surface area contributed by atoms with Crippen molar-refractivity contribution in [2.75, 3.05) is 19.7 Å². The molecule has 18 heavy (non-hydrogen) atoms. The largest absolute Gasteiger partial charge is 0.378 e. The van der Waals surface area contributed by atoms with Crippen LogP contribution in [0.25, 0.3) is 0 Å². The van der Waals surface area contributed by atoms with Gasteiger partial charge in [-0.3, -0.25) is 0 Å². The standard InChI is InChI=1S/C14H23N3O/c1-2-18-13-7-12(8-13)17-10-16-9-14(17)11-3-5-15-6-4-11/h9-13,15H,2-8H2,1H3. The Morgan fingerprint density at radius 1 is 1.39 bits per heavy atom. The molecule has 2 heterocycles. The van der Waals surface area contributed by atoms with E-state index in [0.29, 0.717) is 18.1 Å². The fraction of sp³-hybridized carbons (Fsp3) is 0.786. The van der Waals surface area contributed by atoms with E-state index in [-0.39, 0.29) is 0 Å². The van der Waals surface area contributed by atoms with Gasteiger partial charge in [-0.2, -0.15) is 0 Å². The van der Waals surface area contributed by atoms with Gasteiger partial charge in [-0.25, -0.2) is 4.98 Å². The van der Waals surface area contributed by atoms with Crippen molar-refractivity contribution in [1.29, 1.82) is 0 Å². The van der Waals surface area contributed by atoms with Crippen LogP contribution in [0.2, 0.25) is 0 Å². The fourth-order valence-electron chi connectivity index (χ4n) is 3.19. The Morgan fingerprint density at radius 3 is 2.89 bits per heavy atom. The third-order valence-electron chi connectivity index (χ3n) is 4.32. The number of hydrogen-bond acceptors (Lipinski definition) is 3. The van der Waals surface area contributed by atoms with Gasteiger partial charge in [-0.15, -0.1) is 0 Å².